The van der Waals surface area contributed by atoms with Gasteiger partial charge in [-0.15, -0.1) is 0 Å². The van der Waals surface area contributed by atoms with E-state index in [4.69, 9.17) is 9.47 Å². The molecule has 0 radical (unpaired) electrons. The molecule has 0 unspecified atom stereocenters. The van der Waals surface area contributed by atoms with Crippen molar-refractivity contribution < 1.29 is 14.3 Å². The number of carbonyl (C=O) groups excluding carboxylic acids is 1. The van der Waals surface area contributed by atoms with Crippen molar-refractivity contribution in [2.45, 2.75) is 84.0 Å². The van der Waals surface area contributed by atoms with Gasteiger partial charge >= 0.3 is 0 Å². The summed E-state index contributed by atoms with van der Waals surface area (Å²) in [7, 11) is 0. The molecular weight excluding hydrogens is 398 g/mol. The minimum absolute atomic E-state index is 0.0745. The van der Waals surface area contributed by atoms with E-state index in [1.165, 1.54) is 57.8 Å². The van der Waals surface area contributed by atoms with Crippen LogP contribution >= 0.6 is 0 Å². The Morgan fingerprint density at radius 2 is 1.25 bits per heavy atom. The van der Waals surface area contributed by atoms with Gasteiger partial charge in [0.2, 0.25) is 5.91 Å². The first-order valence-electron chi connectivity index (χ1n) is 12.5. The van der Waals surface area contributed by atoms with E-state index in [9.17, 15) is 4.79 Å². The summed E-state index contributed by atoms with van der Waals surface area (Å²) in [5.74, 6) is 1.64. The fourth-order valence-corrected chi connectivity index (χ4v) is 3.67. The molecule has 4 heteroatoms. The molecule has 2 aromatic rings. The second kappa shape index (κ2) is 17.1. The molecule has 0 aliphatic carbocycles. The Labute approximate surface area is 194 Å². The van der Waals surface area contributed by atoms with E-state index in [-0.39, 0.29) is 5.91 Å². The molecule has 2 rings (SSSR count). The molecule has 1 amide bonds. The van der Waals surface area contributed by atoms with Crippen molar-refractivity contribution in [1.29, 1.82) is 0 Å². The Kier molecular flexibility index (Phi) is 13.8. The molecule has 176 valence electrons. The number of rotatable bonds is 18. The van der Waals surface area contributed by atoms with Gasteiger partial charge in [0.1, 0.15) is 24.7 Å². The largest absolute Gasteiger partial charge is 0.490 e. The summed E-state index contributed by atoms with van der Waals surface area (Å²) >= 11 is 0. The fourth-order valence-electron chi connectivity index (χ4n) is 3.67. The number of amides is 1. The molecule has 4 nitrogen and oxygen atoms in total. The summed E-state index contributed by atoms with van der Waals surface area (Å²) in [6, 6.07) is 17.2. The average Bonchev–Trinajstić information content (AvgIpc) is 2.81. The van der Waals surface area contributed by atoms with Crippen LogP contribution in [0.15, 0.2) is 54.6 Å². The number of nitrogens with one attached hydrogen (secondary N) is 1. The molecule has 0 saturated heterocycles. The predicted octanol–water partition coefficient (Wildman–Crippen LogP) is 7.78. The molecule has 0 aliphatic rings. The average molecular weight is 440 g/mol. The van der Waals surface area contributed by atoms with Gasteiger partial charge in [0.25, 0.3) is 0 Å². The zero-order valence-corrected chi connectivity index (χ0v) is 19.8. The highest BCUT2D eigenvalue weighted by Crippen LogP contribution is 2.18. The maximum Gasteiger partial charge on any atom is 0.224 e. The summed E-state index contributed by atoms with van der Waals surface area (Å²) in [6.07, 6.45) is 14.7. The lowest BCUT2D eigenvalue weighted by Crippen LogP contribution is -2.12. The highest BCUT2D eigenvalue weighted by molar-refractivity contribution is 5.90. The molecule has 1 N–H and O–H groups in total. The van der Waals surface area contributed by atoms with Gasteiger partial charge < -0.3 is 14.8 Å². The molecule has 0 heterocycles. The van der Waals surface area contributed by atoms with E-state index < -0.39 is 0 Å². The van der Waals surface area contributed by atoms with Crippen LogP contribution in [0.2, 0.25) is 0 Å². The van der Waals surface area contributed by atoms with Crippen molar-refractivity contribution in [2.75, 3.05) is 18.5 Å². The van der Waals surface area contributed by atoms with Crippen molar-refractivity contribution >= 4 is 11.6 Å². The summed E-state index contributed by atoms with van der Waals surface area (Å²) in [4.78, 5) is 12.2. The number of para-hydroxylation sites is 1. The summed E-state index contributed by atoms with van der Waals surface area (Å²) in [5.41, 5.74) is 0.777. The van der Waals surface area contributed by atoms with E-state index in [0.717, 1.165) is 30.0 Å². The highest BCUT2D eigenvalue weighted by Gasteiger charge is 2.04. The number of anilines is 1. The normalized spacial score (nSPS) is 10.7. The molecule has 2 aromatic carbocycles. The van der Waals surface area contributed by atoms with Crippen LogP contribution in [0, 0.1) is 0 Å². The minimum Gasteiger partial charge on any atom is -0.490 e. The van der Waals surface area contributed by atoms with Crippen LogP contribution < -0.4 is 14.8 Å². The maximum absolute atomic E-state index is 12.2. The highest BCUT2D eigenvalue weighted by atomic mass is 16.5. The monoisotopic (exact) mass is 439 g/mol. The van der Waals surface area contributed by atoms with Crippen molar-refractivity contribution in [3.8, 4) is 11.5 Å². The lowest BCUT2D eigenvalue weighted by atomic mass is 10.1. The zero-order valence-electron chi connectivity index (χ0n) is 19.8. The third kappa shape index (κ3) is 12.4. The van der Waals surface area contributed by atoms with Gasteiger partial charge in [-0.25, -0.2) is 0 Å². The Balaban J connectivity index is 1.50. The first kappa shape index (κ1) is 25.8. The van der Waals surface area contributed by atoms with Gasteiger partial charge in [-0.3, -0.25) is 4.79 Å². The maximum atomic E-state index is 12.2. The molecule has 0 saturated carbocycles. The van der Waals surface area contributed by atoms with Crippen LogP contribution in [0.5, 0.6) is 11.5 Å². The van der Waals surface area contributed by atoms with Gasteiger partial charge in [-0.2, -0.15) is 0 Å². The van der Waals surface area contributed by atoms with Crippen LogP contribution in [0.1, 0.15) is 84.0 Å². The third-order valence-corrected chi connectivity index (χ3v) is 5.49. The fraction of sp³-hybridized carbons (Fsp3) is 0.536. The molecule has 0 aliphatic heterocycles. The lowest BCUT2D eigenvalue weighted by Gasteiger charge is -2.10. The van der Waals surface area contributed by atoms with Crippen molar-refractivity contribution in [1.82, 2.24) is 0 Å². The molecular formula is C28H41NO3. The van der Waals surface area contributed by atoms with E-state index in [1.807, 2.05) is 54.6 Å². The van der Waals surface area contributed by atoms with Gasteiger partial charge in [-0.05, 0) is 30.7 Å². The third-order valence-electron chi connectivity index (χ3n) is 5.49. The standard InChI is InChI=1S/C28H41NO3/c1-2-3-4-5-6-7-8-9-10-11-15-21-28(30)29-25-17-16-20-27(24-25)32-23-22-31-26-18-13-12-14-19-26/h12-14,16-20,24H,2-11,15,21-23H2,1H3,(H,29,30). The van der Waals surface area contributed by atoms with E-state index in [0.29, 0.717) is 19.6 Å². The number of benzene rings is 2. The van der Waals surface area contributed by atoms with Gasteiger partial charge in [0.05, 0.1) is 0 Å². The van der Waals surface area contributed by atoms with Crippen LogP contribution in [0.25, 0.3) is 0 Å². The van der Waals surface area contributed by atoms with Gasteiger partial charge in [0, 0.05) is 18.2 Å². The van der Waals surface area contributed by atoms with Crippen LogP contribution in [-0.4, -0.2) is 19.1 Å². The predicted molar refractivity (Wildman–Crippen MR) is 134 cm³/mol. The number of ether oxygens (including phenoxy) is 2. The van der Waals surface area contributed by atoms with Crippen LogP contribution in [-0.2, 0) is 4.79 Å². The summed E-state index contributed by atoms with van der Waals surface area (Å²) < 4.78 is 11.4. The van der Waals surface area contributed by atoms with Gasteiger partial charge in [-0.1, -0.05) is 95.4 Å². The molecule has 0 fully saturated rings. The number of unbranched alkanes of at least 4 members (excludes halogenated alkanes) is 10. The number of hydrogen-bond donors (Lipinski definition) is 1. The Morgan fingerprint density at radius 3 is 1.91 bits per heavy atom. The topological polar surface area (TPSA) is 47.6 Å². The lowest BCUT2D eigenvalue weighted by molar-refractivity contribution is -0.116. The van der Waals surface area contributed by atoms with E-state index >= 15 is 0 Å². The Hall–Kier alpha value is -2.49. The Bertz CT molecular complexity index is 732. The molecule has 0 spiro atoms. The molecule has 0 atom stereocenters. The molecule has 0 bridgehead atoms. The quantitative estimate of drug-likeness (QED) is 0.241. The number of carbonyl (C=O) groups is 1. The van der Waals surface area contributed by atoms with E-state index in [2.05, 4.69) is 12.2 Å². The van der Waals surface area contributed by atoms with E-state index in [1.54, 1.807) is 0 Å². The zero-order chi connectivity index (χ0) is 22.7. The second-order valence-electron chi connectivity index (χ2n) is 8.37. The first-order valence-corrected chi connectivity index (χ1v) is 12.5. The van der Waals surface area contributed by atoms with Crippen molar-refractivity contribution in [3.05, 3.63) is 54.6 Å². The SMILES string of the molecule is CCCCCCCCCCCCCC(=O)Nc1cccc(OCCOc2ccccc2)c1. The molecule has 32 heavy (non-hydrogen) atoms. The first-order chi connectivity index (χ1) is 15.8. The summed E-state index contributed by atoms with van der Waals surface area (Å²) in [5, 5.41) is 2.98. The second-order valence-corrected chi connectivity index (χ2v) is 8.37. The Morgan fingerprint density at radius 1 is 0.688 bits per heavy atom. The summed E-state index contributed by atoms with van der Waals surface area (Å²) in [6.45, 7) is 3.18. The number of hydrogen-bond acceptors (Lipinski definition) is 3. The van der Waals surface area contributed by atoms with Gasteiger partial charge in [0.15, 0.2) is 0 Å². The van der Waals surface area contributed by atoms with Crippen LogP contribution in [0.3, 0.4) is 0 Å². The smallest absolute Gasteiger partial charge is 0.224 e. The van der Waals surface area contributed by atoms with Crippen LogP contribution in [0.4, 0.5) is 5.69 Å². The van der Waals surface area contributed by atoms with Crippen molar-refractivity contribution in [3.63, 3.8) is 0 Å². The molecule has 0 aromatic heterocycles. The minimum atomic E-state index is 0.0745. The van der Waals surface area contributed by atoms with Crippen molar-refractivity contribution in [2.24, 2.45) is 0 Å².